The molecule has 0 bridgehead atoms. The highest BCUT2D eigenvalue weighted by molar-refractivity contribution is 6.40. The van der Waals surface area contributed by atoms with E-state index < -0.39 is 5.91 Å². The highest BCUT2D eigenvalue weighted by Crippen LogP contribution is 2.30. The first kappa shape index (κ1) is 20.8. The van der Waals surface area contributed by atoms with Gasteiger partial charge in [0.15, 0.2) is 0 Å². The van der Waals surface area contributed by atoms with Crippen LogP contribution < -0.4 is 10.6 Å². The van der Waals surface area contributed by atoms with Crippen LogP contribution in [0, 0.1) is 13.8 Å². The number of aryl methyl sites for hydroxylation is 2. The van der Waals surface area contributed by atoms with Gasteiger partial charge in [0.1, 0.15) is 11.3 Å². The average molecular weight is 454 g/mol. The topological polar surface area (TPSA) is 88.9 Å². The van der Waals surface area contributed by atoms with E-state index in [1.165, 1.54) is 4.57 Å². The number of carbonyl (C=O) groups excluding carboxylic acids is 2. The van der Waals surface area contributed by atoms with Crippen LogP contribution in [0.5, 0.6) is 0 Å². The summed E-state index contributed by atoms with van der Waals surface area (Å²) in [6.07, 6.45) is 3.18. The number of nitrogens with one attached hydrogen (secondary N) is 2. The summed E-state index contributed by atoms with van der Waals surface area (Å²) >= 11 is 12.3. The maximum Gasteiger partial charge on any atom is 0.331 e. The summed E-state index contributed by atoms with van der Waals surface area (Å²) in [7, 11) is 0. The number of amides is 2. The van der Waals surface area contributed by atoms with E-state index in [2.05, 4.69) is 20.6 Å². The Morgan fingerprint density at radius 3 is 2.29 bits per heavy atom. The number of pyridine rings is 1. The monoisotopic (exact) mass is 453 g/mol. The van der Waals surface area contributed by atoms with E-state index in [-0.39, 0.29) is 21.6 Å². The minimum absolute atomic E-state index is 0.175. The predicted octanol–water partition coefficient (Wildman–Crippen LogP) is 5.69. The molecule has 2 amide bonds. The lowest BCUT2D eigenvalue weighted by Crippen LogP contribution is -2.20. The Labute approximate surface area is 188 Å². The molecule has 0 atom stereocenters. The van der Waals surface area contributed by atoms with Crippen LogP contribution in [-0.4, -0.2) is 26.5 Å². The summed E-state index contributed by atoms with van der Waals surface area (Å²) in [5.74, 6) is 0.0121. The molecule has 156 valence electrons. The van der Waals surface area contributed by atoms with Gasteiger partial charge in [-0.25, -0.2) is 14.3 Å². The Hall–Kier alpha value is -3.42. The fraction of sp³-hybridized carbons (Fsp3) is 0.0909. The highest BCUT2D eigenvalue weighted by Gasteiger charge is 2.21. The fourth-order valence-corrected chi connectivity index (χ4v) is 3.85. The van der Waals surface area contributed by atoms with Gasteiger partial charge in [0.25, 0.3) is 5.91 Å². The van der Waals surface area contributed by atoms with Crippen LogP contribution >= 0.6 is 23.2 Å². The second-order valence-corrected chi connectivity index (χ2v) is 7.65. The lowest BCUT2D eigenvalue weighted by molar-refractivity contribution is 0.102. The van der Waals surface area contributed by atoms with Gasteiger partial charge in [-0.15, -0.1) is 0 Å². The van der Waals surface area contributed by atoms with Crippen molar-refractivity contribution in [1.29, 1.82) is 0 Å². The molecule has 0 saturated carbocycles. The summed E-state index contributed by atoms with van der Waals surface area (Å²) < 4.78 is 1.45. The number of carbonyl (C=O) groups is 2. The Bertz CT molecular complexity index is 1300. The number of hydrogen-bond donors (Lipinski definition) is 2. The van der Waals surface area contributed by atoms with Gasteiger partial charge in [-0.1, -0.05) is 35.3 Å². The molecule has 0 spiro atoms. The highest BCUT2D eigenvalue weighted by atomic mass is 35.5. The third kappa shape index (κ3) is 3.97. The molecule has 7 nitrogen and oxygen atoms in total. The van der Waals surface area contributed by atoms with Crippen molar-refractivity contribution in [3.63, 3.8) is 0 Å². The van der Waals surface area contributed by atoms with Crippen molar-refractivity contribution in [2.24, 2.45) is 0 Å². The van der Waals surface area contributed by atoms with Crippen molar-refractivity contribution in [2.75, 3.05) is 10.6 Å². The second kappa shape index (κ2) is 8.37. The minimum atomic E-state index is -0.459. The summed E-state index contributed by atoms with van der Waals surface area (Å²) in [6, 6.07) is 11.5. The number of hydrogen-bond acceptors (Lipinski definition) is 4. The first-order chi connectivity index (χ1) is 14.9. The van der Waals surface area contributed by atoms with E-state index >= 15 is 0 Å². The molecule has 0 fully saturated rings. The summed E-state index contributed by atoms with van der Waals surface area (Å²) in [5.41, 5.74) is 3.08. The van der Waals surface area contributed by atoms with Crippen molar-refractivity contribution < 1.29 is 9.59 Å². The molecule has 0 aliphatic rings. The zero-order valence-corrected chi connectivity index (χ0v) is 18.1. The van der Waals surface area contributed by atoms with E-state index in [4.69, 9.17) is 23.2 Å². The van der Waals surface area contributed by atoms with E-state index in [0.29, 0.717) is 28.2 Å². The number of imidazole rings is 1. The van der Waals surface area contributed by atoms with Crippen LogP contribution in [0.1, 0.15) is 21.7 Å². The molecule has 4 rings (SSSR count). The summed E-state index contributed by atoms with van der Waals surface area (Å²) in [4.78, 5) is 34.3. The van der Waals surface area contributed by atoms with Crippen LogP contribution in [0.3, 0.4) is 0 Å². The van der Waals surface area contributed by atoms with Crippen LogP contribution in [0.4, 0.5) is 16.2 Å². The lowest BCUT2D eigenvalue weighted by atomic mass is 10.1. The quantitative estimate of drug-likeness (QED) is 0.417. The predicted molar refractivity (Wildman–Crippen MR) is 122 cm³/mol. The van der Waals surface area contributed by atoms with E-state index in [1.54, 1.807) is 55.7 Å². The molecule has 2 N–H and O–H groups in total. The molecule has 0 aliphatic carbocycles. The molecular weight excluding hydrogens is 437 g/mol. The zero-order valence-electron chi connectivity index (χ0n) is 16.6. The Kier molecular flexibility index (Phi) is 5.63. The van der Waals surface area contributed by atoms with Gasteiger partial charge in [0.05, 0.1) is 26.8 Å². The molecule has 0 saturated heterocycles. The molecule has 2 heterocycles. The Morgan fingerprint density at radius 2 is 1.61 bits per heavy atom. The van der Waals surface area contributed by atoms with E-state index in [1.807, 2.05) is 13.0 Å². The molecule has 2 aromatic heterocycles. The van der Waals surface area contributed by atoms with Crippen molar-refractivity contribution in [3.05, 3.63) is 81.9 Å². The van der Waals surface area contributed by atoms with Gasteiger partial charge in [-0.05, 0) is 49.7 Å². The number of benzene rings is 2. The Balaban J connectivity index is 1.74. The SMILES string of the molecule is Cc1ccc2c(nc(C)n2C(=O)Nc2ccncc2)c1NC(=O)c1c(Cl)cccc1Cl. The fourth-order valence-electron chi connectivity index (χ4n) is 3.28. The average Bonchev–Trinajstić information content (AvgIpc) is 3.07. The minimum Gasteiger partial charge on any atom is -0.320 e. The number of anilines is 2. The third-order valence-electron chi connectivity index (χ3n) is 4.77. The van der Waals surface area contributed by atoms with Crippen molar-refractivity contribution >= 4 is 57.5 Å². The first-order valence-corrected chi connectivity index (χ1v) is 10.1. The number of aromatic nitrogens is 3. The Morgan fingerprint density at radius 1 is 0.935 bits per heavy atom. The molecular formula is C22H17Cl2N5O2. The lowest BCUT2D eigenvalue weighted by Gasteiger charge is -2.12. The number of fused-ring (bicyclic) bond motifs is 1. The van der Waals surface area contributed by atoms with Crippen molar-refractivity contribution in [2.45, 2.75) is 13.8 Å². The van der Waals surface area contributed by atoms with Crippen LogP contribution in [0.15, 0.2) is 54.9 Å². The number of nitrogens with zero attached hydrogens (tertiary/aromatic N) is 3. The molecule has 0 radical (unpaired) electrons. The van der Waals surface area contributed by atoms with Gasteiger partial charge in [-0.2, -0.15) is 0 Å². The third-order valence-corrected chi connectivity index (χ3v) is 5.40. The maximum absolute atomic E-state index is 12.9. The molecule has 0 aliphatic heterocycles. The molecule has 4 aromatic rings. The van der Waals surface area contributed by atoms with Gasteiger partial charge in [0.2, 0.25) is 0 Å². The second-order valence-electron chi connectivity index (χ2n) is 6.84. The number of halogens is 2. The maximum atomic E-state index is 12.9. The largest absolute Gasteiger partial charge is 0.331 e. The van der Waals surface area contributed by atoms with Crippen LogP contribution in [0.2, 0.25) is 10.0 Å². The van der Waals surface area contributed by atoms with Gasteiger partial charge >= 0.3 is 6.03 Å². The van der Waals surface area contributed by atoms with Gasteiger partial charge in [0, 0.05) is 18.1 Å². The van der Waals surface area contributed by atoms with Crippen molar-refractivity contribution in [3.8, 4) is 0 Å². The van der Waals surface area contributed by atoms with Crippen LogP contribution in [0.25, 0.3) is 11.0 Å². The standard InChI is InChI=1S/C22H17Cl2N5O2/c1-12-6-7-17-20(19(12)28-21(30)18-15(23)4-3-5-16(18)24)26-13(2)29(17)22(31)27-14-8-10-25-11-9-14/h3-11H,1-2H3,(H,28,30)(H,25,27,31). The summed E-state index contributed by atoms with van der Waals surface area (Å²) in [6.45, 7) is 3.56. The zero-order chi connectivity index (χ0) is 22.1. The van der Waals surface area contributed by atoms with Gasteiger partial charge in [-0.3, -0.25) is 9.78 Å². The summed E-state index contributed by atoms with van der Waals surface area (Å²) in [5, 5.41) is 6.16. The number of rotatable bonds is 3. The van der Waals surface area contributed by atoms with E-state index in [0.717, 1.165) is 5.56 Å². The van der Waals surface area contributed by atoms with Crippen LogP contribution in [-0.2, 0) is 0 Å². The van der Waals surface area contributed by atoms with Gasteiger partial charge < -0.3 is 10.6 Å². The molecule has 9 heteroatoms. The normalized spacial score (nSPS) is 10.8. The molecule has 2 aromatic carbocycles. The van der Waals surface area contributed by atoms with E-state index in [9.17, 15) is 9.59 Å². The first-order valence-electron chi connectivity index (χ1n) is 9.32. The molecule has 0 unspecified atom stereocenters. The van der Waals surface area contributed by atoms with Crippen molar-refractivity contribution in [1.82, 2.24) is 14.5 Å². The smallest absolute Gasteiger partial charge is 0.320 e. The molecule has 31 heavy (non-hydrogen) atoms.